The van der Waals surface area contributed by atoms with E-state index >= 15 is 0 Å². The van der Waals surface area contributed by atoms with Crippen LogP contribution in [0.15, 0.2) is 0 Å². The van der Waals surface area contributed by atoms with E-state index in [0.29, 0.717) is 26.3 Å². The van der Waals surface area contributed by atoms with E-state index in [1.807, 2.05) is 6.92 Å². The highest BCUT2D eigenvalue weighted by atomic mass is 16.5. The Labute approximate surface area is 118 Å². The molecule has 0 bridgehead atoms. The van der Waals surface area contributed by atoms with Gasteiger partial charge in [-0.3, -0.25) is 4.79 Å². The van der Waals surface area contributed by atoms with Gasteiger partial charge in [-0.2, -0.15) is 0 Å². The van der Waals surface area contributed by atoms with E-state index in [-0.39, 0.29) is 18.0 Å². The van der Waals surface area contributed by atoms with Crippen LogP contribution in [-0.4, -0.2) is 66.6 Å². The SMILES string of the molecule is CC1(NC(=O)N2CCOC(CC(=O)O)C2)CCCOC1. The highest BCUT2D eigenvalue weighted by molar-refractivity contribution is 5.75. The van der Waals surface area contributed by atoms with Crippen molar-refractivity contribution in [3.05, 3.63) is 0 Å². The van der Waals surface area contributed by atoms with Crippen molar-refractivity contribution in [2.24, 2.45) is 0 Å². The maximum Gasteiger partial charge on any atom is 0.318 e. The van der Waals surface area contributed by atoms with Crippen molar-refractivity contribution in [1.29, 1.82) is 0 Å². The Bertz CT molecular complexity index is 368. The fraction of sp³-hybridized carbons (Fsp3) is 0.846. The maximum atomic E-state index is 12.3. The van der Waals surface area contributed by atoms with Crippen LogP contribution in [0.25, 0.3) is 0 Å². The average Bonchev–Trinajstić information content (AvgIpc) is 2.38. The zero-order valence-electron chi connectivity index (χ0n) is 11.8. The molecule has 0 saturated carbocycles. The van der Waals surface area contributed by atoms with Crippen LogP contribution >= 0.6 is 0 Å². The Morgan fingerprint density at radius 3 is 2.90 bits per heavy atom. The summed E-state index contributed by atoms with van der Waals surface area (Å²) in [7, 11) is 0. The van der Waals surface area contributed by atoms with Crippen LogP contribution in [-0.2, 0) is 14.3 Å². The molecule has 114 valence electrons. The van der Waals surface area contributed by atoms with Crippen LogP contribution in [0, 0.1) is 0 Å². The van der Waals surface area contributed by atoms with Crippen molar-refractivity contribution in [1.82, 2.24) is 10.2 Å². The highest BCUT2D eigenvalue weighted by Crippen LogP contribution is 2.19. The molecule has 0 aromatic heterocycles. The average molecular weight is 286 g/mol. The van der Waals surface area contributed by atoms with E-state index in [9.17, 15) is 9.59 Å². The van der Waals surface area contributed by atoms with Crippen LogP contribution in [0.3, 0.4) is 0 Å². The van der Waals surface area contributed by atoms with Crippen molar-refractivity contribution in [2.45, 2.75) is 37.8 Å². The minimum absolute atomic E-state index is 0.0792. The number of amides is 2. The van der Waals surface area contributed by atoms with E-state index in [2.05, 4.69) is 5.32 Å². The lowest BCUT2D eigenvalue weighted by Crippen LogP contribution is -2.58. The van der Waals surface area contributed by atoms with Gasteiger partial charge < -0.3 is 24.8 Å². The number of hydrogen-bond acceptors (Lipinski definition) is 4. The number of nitrogens with zero attached hydrogens (tertiary/aromatic N) is 1. The third-order valence-corrected chi connectivity index (χ3v) is 3.67. The number of carbonyl (C=O) groups excluding carboxylic acids is 1. The third-order valence-electron chi connectivity index (χ3n) is 3.67. The molecular weight excluding hydrogens is 264 g/mol. The first-order valence-corrected chi connectivity index (χ1v) is 6.97. The number of hydrogen-bond donors (Lipinski definition) is 2. The maximum absolute atomic E-state index is 12.3. The predicted octanol–water partition coefficient (Wildman–Crippen LogP) is 0.441. The molecule has 0 spiro atoms. The zero-order chi connectivity index (χ0) is 14.6. The van der Waals surface area contributed by atoms with Gasteiger partial charge in [0.05, 0.1) is 31.3 Å². The van der Waals surface area contributed by atoms with Crippen LogP contribution in [0.2, 0.25) is 0 Å². The molecule has 2 atom stereocenters. The Kier molecular flexibility index (Phi) is 4.82. The molecule has 0 aromatic rings. The second-order valence-electron chi connectivity index (χ2n) is 5.68. The van der Waals surface area contributed by atoms with Gasteiger partial charge >= 0.3 is 12.0 Å². The lowest BCUT2D eigenvalue weighted by molar-refractivity contribution is -0.141. The normalized spacial score (nSPS) is 30.9. The predicted molar refractivity (Wildman–Crippen MR) is 70.6 cm³/mol. The van der Waals surface area contributed by atoms with Crippen LogP contribution in [0.5, 0.6) is 0 Å². The Balaban J connectivity index is 1.86. The molecular formula is C13H22N2O5. The molecule has 2 amide bonds. The second kappa shape index (κ2) is 6.41. The summed E-state index contributed by atoms with van der Waals surface area (Å²) in [5.41, 5.74) is -0.337. The molecule has 0 aromatic carbocycles. The van der Waals surface area contributed by atoms with Gasteiger partial charge in [0.1, 0.15) is 0 Å². The summed E-state index contributed by atoms with van der Waals surface area (Å²) in [5.74, 6) is -0.912. The first kappa shape index (κ1) is 15.1. The smallest absolute Gasteiger partial charge is 0.318 e. The number of nitrogens with one attached hydrogen (secondary N) is 1. The van der Waals surface area contributed by atoms with E-state index in [1.54, 1.807) is 4.90 Å². The Hall–Kier alpha value is -1.34. The van der Waals surface area contributed by atoms with Crippen molar-refractivity contribution >= 4 is 12.0 Å². The lowest BCUT2D eigenvalue weighted by Gasteiger charge is -2.38. The molecule has 7 heteroatoms. The van der Waals surface area contributed by atoms with Gasteiger partial charge in [-0.15, -0.1) is 0 Å². The Morgan fingerprint density at radius 2 is 2.25 bits per heavy atom. The van der Waals surface area contributed by atoms with Gasteiger partial charge in [-0.05, 0) is 19.8 Å². The van der Waals surface area contributed by atoms with Gasteiger partial charge in [-0.25, -0.2) is 4.79 Å². The van der Waals surface area contributed by atoms with Gasteiger partial charge in [0.15, 0.2) is 0 Å². The molecule has 0 aliphatic carbocycles. The van der Waals surface area contributed by atoms with Gasteiger partial charge in [0.25, 0.3) is 0 Å². The number of carboxylic acids is 1. The van der Waals surface area contributed by atoms with E-state index in [1.165, 1.54) is 0 Å². The number of ether oxygens (including phenoxy) is 2. The molecule has 2 rings (SSSR count). The minimum Gasteiger partial charge on any atom is -0.481 e. The monoisotopic (exact) mass is 286 g/mol. The fourth-order valence-corrected chi connectivity index (χ4v) is 2.59. The molecule has 20 heavy (non-hydrogen) atoms. The summed E-state index contributed by atoms with van der Waals surface area (Å²) in [6.45, 7) is 4.40. The quantitative estimate of drug-likeness (QED) is 0.786. The zero-order valence-corrected chi connectivity index (χ0v) is 11.8. The lowest BCUT2D eigenvalue weighted by atomic mass is 9.95. The second-order valence-corrected chi connectivity index (χ2v) is 5.68. The number of urea groups is 1. The van der Waals surface area contributed by atoms with E-state index in [0.717, 1.165) is 19.4 Å². The molecule has 2 N–H and O–H groups in total. The largest absolute Gasteiger partial charge is 0.481 e. The fourth-order valence-electron chi connectivity index (χ4n) is 2.59. The van der Waals surface area contributed by atoms with E-state index < -0.39 is 12.1 Å². The first-order chi connectivity index (χ1) is 9.48. The van der Waals surface area contributed by atoms with Crippen LogP contribution in [0.1, 0.15) is 26.2 Å². The van der Waals surface area contributed by atoms with Gasteiger partial charge in [0, 0.05) is 19.7 Å². The molecule has 7 nitrogen and oxygen atoms in total. The molecule has 0 radical (unpaired) electrons. The number of morpholine rings is 1. The summed E-state index contributed by atoms with van der Waals surface area (Å²) in [4.78, 5) is 24.6. The molecule has 2 unspecified atom stereocenters. The topological polar surface area (TPSA) is 88.1 Å². The summed E-state index contributed by atoms with van der Waals surface area (Å²) >= 11 is 0. The first-order valence-electron chi connectivity index (χ1n) is 6.97. The molecule has 2 heterocycles. The van der Waals surface area contributed by atoms with Crippen LogP contribution in [0.4, 0.5) is 4.79 Å². The number of carbonyl (C=O) groups is 2. The Morgan fingerprint density at radius 1 is 1.45 bits per heavy atom. The standard InChI is InChI=1S/C13H22N2O5/c1-13(3-2-5-19-9-13)14-12(18)15-4-6-20-10(8-15)7-11(16)17/h10H,2-9H2,1H3,(H,14,18)(H,16,17). The summed E-state index contributed by atoms with van der Waals surface area (Å²) in [6, 6.07) is -0.170. The van der Waals surface area contributed by atoms with Gasteiger partial charge in [-0.1, -0.05) is 0 Å². The third kappa shape index (κ3) is 4.08. The van der Waals surface area contributed by atoms with Crippen LogP contribution < -0.4 is 5.32 Å². The molecule has 2 aliphatic rings. The van der Waals surface area contributed by atoms with Crippen molar-refractivity contribution in [3.63, 3.8) is 0 Å². The summed E-state index contributed by atoms with van der Waals surface area (Å²) in [5, 5.41) is 11.8. The number of aliphatic carboxylic acids is 1. The summed E-state index contributed by atoms with van der Waals surface area (Å²) in [6.07, 6.45) is 1.32. The van der Waals surface area contributed by atoms with Gasteiger partial charge in [0.2, 0.25) is 0 Å². The molecule has 2 aliphatic heterocycles. The van der Waals surface area contributed by atoms with E-state index in [4.69, 9.17) is 14.6 Å². The van der Waals surface area contributed by atoms with Crippen molar-refractivity contribution < 1.29 is 24.2 Å². The minimum atomic E-state index is -0.912. The van der Waals surface area contributed by atoms with Crippen molar-refractivity contribution in [3.8, 4) is 0 Å². The number of carboxylic acid groups (broad SMARTS) is 1. The molecule has 2 saturated heterocycles. The summed E-state index contributed by atoms with van der Waals surface area (Å²) < 4.78 is 10.8. The van der Waals surface area contributed by atoms with Crippen molar-refractivity contribution in [2.75, 3.05) is 32.9 Å². The molecule has 2 fully saturated rings. The number of rotatable bonds is 3. The highest BCUT2D eigenvalue weighted by Gasteiger charge is 2.33.